The Kier molecular flexibility index (Phi) is 5.78. The maximum absolute atomic E-state index is 12.5. The molecule has 1 heterocycles. The van der Waals surface area contributed by atoms with E-state index in [9.17, 15) is 14.4 Å². The number of benzene rings is 2. The van der Waals surface area contributed by atoms with E-state index in [1.807, 2.05) is 32.9 Å². The summed E-state index contributed by atoms with van der Waals surface area (Å²) < 4.78 is 5.21. The van der Waals surface area contributed by atoms with Crippen molar-refractivity contribution in [1.29, 1.82) is 0 Å². The smallest absolute Gasteiger partial charge is 0.340 e. The molecule has 1 saturated heterocycles. The van der Waals surface area contributed by atoms with Crippen molar-refractivity contribution < 1.29 is 19.1 Å². The van der Waals surface area contributed by atoms with Gasteiger partial charge >= 0.3 is 5.97 Å². The number of para-hydroxylation sites is 1. The van der Waals surface area contributed by atoms with Crippen molar-refractivity contribution in [3.63, 3.8) is 0 Å². The lowest BCUT2D eigenvalue weighted by atomic mass is 10.1. The normalized spacial score (nSPS) is 13.5. The average Bonchev–Trinajstić information content (AvgIpc) is 3.08. The van der Waals surface area contributed by atoms with Gasteiger partial charge in [0.1, 0.15) is 0 Å². The van der Waals surface area contributed by atoms with E-state index in [4.69, 9.17) is 4.74 Å². The van der Waals surface area contributed by atoms with E-state index in [0.29, 0.717) is 18.7 Å². The van der Waals surface area contributed by atoms with Gasteiger partial charge in [-0.3, -0.25) is 9.59 Å². The third-order valence-corrected chi connectivity index (χ3v) is 4.76. The van der Waals surface area contributed by atoms with Crippen LogP contribution in [0.1, 0.15) is 39.9 Å². The Morgan fingerprint density at radius 2 is 1.79 bits per heavy atom. The number of anilines is 2. The summed E-state index contributed by atoms with van der Waals surface area (Å²) in [5, 5.41) is 2.81. The van der Waals surface area contributed by atoms with E-state index in [-0.39, 0.29) is 11.5 Å². The molecule has 1 aliphatic heterocycles. The summed E-state index contributed by atoms with van der Waals surface area (Å²) in [6.45, 7) is 6.02. The topological polar surface area (TPSA) is 75.7 Å². The predicted molar refractivity (Wildman–Crippen MR) is 108 cm³/mol. The number of rotatable bonds is 5. The summed E-state index contributed by atoms with van der Waals surface area (Å²) >= 11 is 0. The van der Waals surface area contributed by atoms with Gasteiger partial charge in [0, 0.05) is 18.7 Å². The summed E-state index contributed by atoms with van der Waals surface area (Å²) in [7, 11) is 0. The van der Waals surface area contributed by atoms with Crippen LogP contribution in [0.4, 0.5) is 11.4 Å². The Bertz CT molecular complexity index is 913. The molecule has 2 aromatic carbocycles. The van der Waals surface area contributed by atoms with Crippen molar-refractivity contribution in [2.75, 3.05) is 23.4 Å². The number of carbonyl (C=O) groups excluding carboxylic acids is 3. The van der Waals surface area contributed by atoms with Crippen LogP contribution in [0.3, 0.4) is 0 Å². The highest BCUT2D eigenvalue weighted by atomic mass is 16.5. The van der Waals surface area contributed by atoms with Crippen LogP contribution in [-0.2, 0) is 14.3 Å². The highest BCUT2D eigenvalue weighted by molar-refractivity contribution is 6.04. The number of carbonyl (C=O) groups is 3. The molecule has 0 unspecified atom stereocenters. The van der Waals surface area contributed by atoms with Gasteiger partial charge in [-0.2, -0.15) is 0 Å². The highest BCUT2D eigenvalue weighted by Crippen LogP contribution is 2.26. The van der Waals surface area contributed by atoms with Gasteiger partial charge in [0.15, 0.2) is 6.61 Å². The SMILES string of the molecule is Cc1cc(C)c(NC(=O)COC(=O)c2ccccc2N2CCCC2=O)c(C)c1. The summed E-state index contributed by atoms with van der Waals surface area (Å²) in [6, 6.07) is 10.8. The van der Waals surface area contributed by atoms with E-state index in [1.54, 1.807) is 29.2 Å². The van der Waals surface area contributed by atoms with Gasteiger partial charge in [0.05, 0.1) is 11.3 Å². The van der Waals surface area contributed by atoms with Crippen molar-refractivity contribution in [1.82, 2.24) is 0 Å². The molecule has 0 saturated carbocycles. The molecule has 2 aromatic rings. The molecule has 0 spiro atoms. The van der Waals surface area contributed by atoms with Gasteiger partial charge < -0.3 is 15.0 Å². The maximum atomic E-state index is 12.5. The molecule has 1 aliphatic rings. The number of aryl methyl sites for hydroxylation is 3. The van der Waals surface area contributed by atoms with E-state index in [0.717, 1.165) is 28.8 Å². The molecule has 28 heavy (non-hydrogen) atoms. The molecule has 2 amide bonds. The number of nitrogens with one attached hydrogen (secondary N) is 1. The molecule has 3 rings (SSSR count). The summed E-state index contributed by atoms with van der Waals surface area (Å²) in [6.07, 6.45) is 1.24. The minimum Gasteiger partial charge on any atom is -0.452 e. The molecule has 0 atom stereocenters. The lowest BCUT2D eigenvalue weighted by Gasteiger charge is -2.19. The zero-order chi connectivity index (χ0) is 20.3. The predicted octanol–water partition coefficient (Wildman–Crippen LogP) is 3.53. The van der Waals surface area contributed by atoms with E-state index in [1.165, 1.54) is 0 Å². The second-order valence-corrected chi connectivity index (χ2v) is 7.06. The van der Waals surface area contributed by atoms with E-state index >= 15 is 0 Å². The number of hydrogen-bond donors (Lipinski definition) is 1. The first-order chi connectivity index (χ1) is 13.4. The minimum atomic E-state index is -0.622. The van der Waals surface area contributed by atoms with Gasteiger partial charge in [0.2, 0.25) is 5.91 Å². The molecule has 0 radical (unpaired) electrons. The summed E-state index contributed by atoms with van der Waals surface area (Å²) in [5.41, 5.74) is 4.57. The lowest BCUT2D eigenvalue weighted by Crippen LogP contribution is -2.27. The fourth-order valence-electron chi connectivity index (χ4n) is 3.55. The first-order valence-corrected chi connectivity index (χ1v) is 9.31. The van der Waals surface area contributed by atoms with E-state index < -0.39 is 18.5 Å². The number of amides is 2. The largest absolute Gasteiger partial charge is 0.452 e. The van der Waals surface area contributed by atoms with Crippen molar-refractivity contribution in [2.45, 2.75) is 33.6 Å². The Labute approximate surface area is 164 Å². The highest BCUT2D eigenvalue weighted by Gasteiger charge is 2.26. The van der Waals surface area contributed by atoms with Crippen LogP contribution < -0.4 is 10.2 Å². The maximum Gasteiger partial charge on any atom is 0.340 e. The quantitative estimate of drug-likeness (QED) is 0.805. The van der Waals surface area contributed by atoms with Crippen molar-refractivity contribution in [3.8, 4) is 0 Å². The average molecular weight is 380 g/mol. The molecular weight excluding hydrogens is 356 g/mol. The van der Waals surface area contributed by atoms with Crippen molar-refractivity contribution in [2.24, 2.45) is 0 Å². The molecule has 0 aromatic heterocycles. The first-order valence-electron chi connectivity index (χ1n) is 9.31. The van der Waals surface area contributed by atoms with Crippen LogP contribution in [0, 0.1) is 20.8 Å². The Hall–Kier alpha value is -3.15. The molecule has 6 heteroatoms. The van der Waals surface area contributed by atoms with Gasteiger partial charge in [-0.1, -0.05) is 29.8 Å². The van der Waals surface area contributed by atoms with Crippen LogP contribution in [0.15, 0.2) is 36.4 Å². The molecular formula is C22H24N2O4. The standard InChI is InChI=1S/C22H24N2O4/c1-14-11-15(2)21(16(3)12-14)23-19(25)13-28-22(27)17-7-4-5-8-18(17)24-10-6-9-20(24)26/h4-5,7-8,11-12H,6,9-10,13H2,1-3H3,(H,23,25). The van der Waals surface area contributed by atoms with Gasteiger partial charge in [0.25, 0.3) is 5.91 Å². The molecule has 0 aliphatic carbocycles. The number of nitrogens with zero attached hydrogens (tertiary/aromatic N) is 1. The van der Waals surface area contributed by atoms with Crippen LogP contribution in [0.5, 0.6) is 0 Å². The lowest BCUT2D eigenvalue weighted by molar-refractivity contribution is -0.119. The number of esters is 1. The third kappa shape index (κ3) is 4.22. The van der Waals surface area contributed by atoms with Crippen LogP contribution in [-0.4, -0.2) is 30.9 Å². The molecule has 6 nitrogen and oxygen atoms in total. The van der Waals surface area contributed by atoms with Crippen LogP contribution >= 0.6 is 0 Å². The van der Waals surface area contributed by atoms with E-state index in [2.05, 4.69) is 5.32 Å². The second-order valence-electron chi connectivity index (χ2n) is 7.06. The zero-order valence-corrected chi connectivity index (χ0v) is 16.4. The van der Waals surface area contributed by atoms with Crippen LogP contribution in [0.2, 0.25) is 0 Å². The Morgan fingerprint density at radius 3 is 2.43 bits per heavy atom. The fraction of sp³-hybridized carbons (Fsp3) is 0.318. The van der Waals surface area contributed by atoms with Crippen molar-refractivity contribution in [3.05, 3.63) is 58.7 Å². The second kappa shape index (κ2) is 8.25. The molecule has 0 bridgehead atoms. The molecule has 146 valence electrons. The fourth-order valence-corrected chi connectivity index (χ4v) is 3.55. The molecule has 1 fully saturated rings. The third-order valence-electron chi connectivity index (χ3n) is 4.76. The Morgan fingerprint density at radius 1 is 1.11 bits per heavy atom. The van der Waals surface area contributed by atoms with Crippen LogP contribution in [0.25, 0.3) is 0 Å². The number of ether oxygens (including phenoxy) is 1. The number of hydrogen-bond acceptors (Lipinski definition) is 4. The van der Waals surface area contributed by atoms with Gasteiger partial charge in [-0.15, -0.1) is 0 Å². The molecule has 1 N–H and O–H groups in total. The van der Waals surface area contributed by atoms with Gasteiger partial charge in [-0.25, -0.2) is 4.79 Å². The minimum absolute atomic E-state index is 0.0108. The van der Waals surface area contributed by atoms with Crippen molar-refractivity contribution >= 4 is 29.2 Å². The Balaban J connectivity index is 1.67. The van der Waals surface area contributed by atoms with Gasteiger partial charge in [-0.05, 0) is 50.5 Å². The monoisotopic (exact) mass is 380 g/mol. The summed E-state index contributed by atoms with van der Waals surface area (Å²) in [4.78, 5) is 38.4. The first kappa shape index (κ1) is 19.6. The summed E-state index contributed by atoms with van der Waals surface area (Å²) in [5.74, 6) is -1.04. The zero-order valence-electron chi connectivity index (χ0n) is 16.4.